The van der Waals surface area contributed by atoms with Crippen LogP contribution in [0.4, 0.5) is 5.69 Å². The summed E-state index contributed by atoms with van der Waals surface area (Å²) in [6, 6.07) is 14.6. The number of hydrogen-bond donors (Lipinski definition) is 0. The summed E-state index contributed by atoms with van der Waals surface area (Å²) in [4.78, 5) is 27.8. The predicted octanol–water partition coefficient (Wildman–Crippen LogP) is 6.29. The van der Waals surface area contributed by atoms with Gasteiger partial charge in [-0.15, -0.1) is 0 Å². The number of anilines is 1. The molecular formula is C27H24Cl2N2O4. The Kier molecular flexibility index (Phi) is 6.79. The average Bonchev–Trinajstić information content (AvgIpc) is 3.26. The van der Waals surface area contributed by atoms with Crippen molar-refractivity contribution < 1.29 is 19.1 Å². The summed E-state index contributed by atoms with van der Waals surface area (Å²) in [6.07, 6.45) is 1.73. The summed E-state index contributed by atoms with van der Waals surface area (Å²) in [5.41, 5.74) is 5.08. The van der Waals surface area contributed by atoms with Crippen LogP contribution in [0.5, 0.6) is 5.75 Å². The van der Waals surface area contributed by atoms with Crippen LogP contribution in [-0.2, 0) is 14.3 Å². The first-order chi connectivity index (χ1) is 16.7. The number of halogens is 2. The Morgan fingerprint density at radius 3 is 2.17 bits per heavy atom. The molecule has 6 nitrogen and oxygen atoms in total. The minimum atomic E-state index is -0.589. The third-order valence-corrected chi connectivity index (χ3v) is 6.79. The van der Waals surface area contributed by atoms with Gasteiger partial charge in [0.15, 0.2) is 0 Å². The zero-order valence-corrected chi connectivity index (χ0v) is 21.5. The van der Waals surface area contributed by atoms with Crippen LogP contribution >= 0.6 is 23.2 Å². The third kappa shape index (κ3) is 4.35. The number of benzene rings is 2. The molecular weight excluding hydrogens is 487 g/mol. The fourth-order valence-electron chi connectivity index (χ4n) is 4.33. The maximum Gasteiger partial charge on any atom is 0.340 e. The third-order valence-electron chi connectivity index (χ3n) is 6.05. The van der Waals surface area contributed by atoms with Crippen LogP contribution in [0.2, 0.25) is 10.0 Å². The molecule has 2 heterocycles. The van der Waals surface area contributed by atoms with Crippen LogP contribution in [-0.4, -0.2) is 30.7 Å². The van der Waals surface area contributed by atoms with E-state index in [1.807, 2.05) is 44.2 Å². The number of hydrogen-bond acceptors (Lipinski definition) is 4. The zero-order chi connectivity index (χ0) is 25.4. The molecule has 0 spiro atoms. The second-order valence-electron chi connectivity index (χ2n) is 8.11. The molecule has 3 aromatic rings. The van der Waals surface area contributed by atoms with Crippen LogP contribution in [0, 0.1) is 13.8 Å². The molecule has 0 N–H and O–H groups in total. The molecule has 0 saturated heterocycles. The first kappa shape index (κ1) is 24.6. The van der Waals surface area contributed by atoms with E-state index >= 15 is 0 Å². The Balaban J connectivity index is 1.83. The monoisotopic (exact) mass is 510 g/mol. The maximum atomic E-state index is 13.6. The van der Waals surface area contributed by atoms with E-state index in [4.69, 9.17) is 32.7 Å². The first-order valence-corrected chi connectivity index (χ1v) is 11.6. The number of ether oxygens (including phenoxy) is 2. The first-order valence-electron chi connectivity index (χ1n) is 10.8. The standard InChI is InChI=1S/C27H24Cl2N2O4/c1-15-12-18(16(2)30(15)19-6-9-21(34-4)10-7-19)13-22-25(27(33)35-5)17(3)31(26(22)32)20-8-11-23(28)24(29)14-20/h6-14H,1-5H3/b22-13-. The van der Waals surface area contributed by atoms with E-state index in [1.165, 1.54) is 12.0 Å². The minimum Gasteiger partial charge on any atom is -0.497 e. The second-order valence-corrected chi connectivity index (χ2v) is 8.92. The van der Waals surface area contributed by atoms with Crippen molar-refractivity contribution in [1.82, 2.24) is 4.57 Å². The molecule has 0 saturated carbocycles. The number of aryl methyl sites for hydroxylation is 1. The van der Waals surface area contributed by atoms with Gasteiger partial charge in [-0.3, -0.25) is 9.69 Å². The van der Waals surface area contributed by atoms with Gasteiger partial charge in [0.1, 0.15) is 5.75 Å². The molecule has 1 amide bonds. The lowest BCUT2D eigenvalue weighted by Gasteiger charge is -2.18. The molecule has 0 bridgehead atoms. The van der Waals surface area contributed by atoms with Crippen molar-refractivity contribution in [2.75, 3.05) is 19.1 Å². The molecule has 0 radical (unpaired) electrons. The fraction of sp³-hybridized carbons (Fsp3) is 0.185. The number of nitrogens with zero attached hydrogens (tertiary/aromatic N) is 2. The molecule has 180 valence electrons. The Morgan fingerprint density at radius 2 is 1.57 bits per heavy atom. The average molecular weight is 511 g/mol. The number of aromatic nitrogens is 1. The van der Waals surface area contributed by atoms with E-state index in [2.05, 4.69) is 4.57 Å². The lowest BCUT2D eigenvalue weighted by Crippen LogP contribution is -2.24. The fourth-order valence-corrected chi connectivity index (χ4v) is 4.63. The molecule has 35 heavy (non-hydrogen) atoms. The van der Waals surface area contributed by atoms with Crippen molar-refractivity contribution in [3.8, 4) is 11.4 Å². The maximum absolute atomic E-state index is 13.6. The highest BCUT2D eigenvalue weighted by Crippen LogP contribution is 2.38. The number of rotatable bonds is 5. The van der Waals surface area contributed by atoms with Crippen LogP contribution < -0.4 is 9.64 Å². The van der Waals surface area contributed by atoms with E-state index < -0.39 is 5.97 Å². The van der Waals surface area contributed by atoms with Crippen molar-refractivity contribution >= 4 is 46.8 Å². The lowest BCUT2D eigenvalue weighted by molar-refractivity contribution is -0.136. The largest absolute Gasteiger partial charge is 0.497 e. The molecule has 0 unspecified atom stereocenters. The topological polar surface area (TPSA) is 60.8 Å². The van der Waals surface area contributed by atoms with Crippen LogP contribution in [0.15, 0.2) is 65.4 Å². The van der Waals surface area contributed by atoms with Gasteiger partial charge in [-0.25, -0.2) is 4.79 Å². The van der Waals surface area contributed by atoms with Gasteiger partial charge in [-0.1, -0.05) is 23.2 Å². The van der Waals surface area contributed by atoms with E-state index in [0.29, 0.717) is 21.4 Å². The Hall–Kier alpha value is -3.48. The normalized spacial score (nSPS) is 14.8. The van der Waals surface area contributed by atoms with Gasteiger partial charge in [0.25, 0.3) is 5.91 Å². The molecule has 0 fully saturated rings. The SMILES string of the molecule is COC(=O)C1=C(C)N(c2ccc(Cl)c(Cl)c2)C(=O)/C1=C\c1cc(C)n(-c2ccc(OC)cc2)c1C. The molecule has 2 aromatic carbocycles. The van der Waals surface area contributed by atoms with Crippen molar-refractivity contribution in [3.05, 3.63) is 92.4 Å². The number of carbonyl (C=O) groups excluding carboxylic acids is 2. The van der Waals surface area contributed by atoms with E-state index in [1.54, 1.807) is 38.3 Å². The number of carbonyl (C=O) groups is 2. The molecule has 0 atom stereocenters. The van der Waals surface area contributed by atoms with Gasteiger partial charge in [0.05, 0.1) is 41.1 Å². The highest BCUT2D eigenvalue weighted by atomic mass is 35.5. The molecule has 4 rings (SSSR count). The van der Waals surface area contributed by atoms with Crippen molar-refractivity contribution in [2.45, 2.75) is 20.8 Å². The molecule has 1 aliphatic heterocycles. The lowest BCUT2D eigenvalue weighted by atomic mass is 10.0. The van der Waals surface area contributed by atoms with E-state index in [0.717, 1.165) is 28.4 Å². The summed E-state index contributed by atoms with van der Waals surface area (Å²) in [6.45, 7) is 5.66. The van der Waals surface area contributed by atoms with Crippen molar-refractivity contribution in [2.24, 2.45) is 0 Å². The van der Waals surface area contributed by atoms with Gasteiger partial charge < -0.3 is 14.0 Å². The smallest absolute Gasteiger partial charge is 0.340 e. The summed E-state index contributed by atoms with van der Waals surface area (Å²) in [5, 5.41) is 0.684. The highest BCUT2D eigenvalue weighted by Gasteiger charge is 2.38. The van der Waals surface area contributed by atoms with E-state index in [9.17, 15) is 9.59 Å². The predicted molar refractivity (Wildman–Crippen MR) is 138 cm³/mol. The van der Waals surface area contributed by atoms with Gasteiger partial charge in [-0.2, -0.15) is 0 Å². The Bertz CT molecular complexity index is 1400. The molecule has 8 heteroatoms. The van der Waals surface area contributed by atoms with Crippen LogP contribution in [0.25, 0.3) is 11.8 Å². The highest BCUT2D eigenvalue weighted by molar-refractivity contribution is 6.42. The zero-order valence-electron chi connectivity index (χ0n) is 20.0. The number of esters is 1. The van der Waals surface area contributed by atoms with Gasteiger partial charge in [-0.05, 0) is 80.9 Å². The number of amides is 1. The minimum absolute atomic E-state index is 0.206. The van der Waals surface area contributed by atoms with Crippen molar-refractivity contribution in [3.63, 3.8) is 0 Å². The van der Waals surface area contributed by atoms with Gasteiger partial charge in [0, 0.05) is 22.8 Å². The van der Waals surface area contributed by atoms with Crippen LogP contribution in [0.3, 0.4) is 0 Å². The van der Waals surface area contributed by atoms with Crippen LogP contribution in [0.1, 0.15) is 23.9 Å². The Morgan fingerprint density at radius 1 is 0.914 bits per heavy atom. The molecule has 1 aliphatic rings. The molecule has 1 aromatic heterocycles. The summed E-state index contributed by atoms with van der Waals surface area (Å²) >= 11 is 12.3. The Labute approximate surface area is 214 Å². The second kappa shape index (κ2) is 9.64. The summed E-state index contributed by atoms with van der Waals surface area (Å²) in [5.74, 6) is -0.176. The summed E-state index contributed by atoms with van der Waals surface area (Å²) in [7, 11) is 2.92. The quantitative estimate of drug-likeness (QED) is 0.299. The van der Waals surface area contributed by atoms with E-state index in [-0.39, 0.29) is 17.1 Å². The molecule has 0 aliphatic carbocycles. The van der Waals surface area contributed by atoms with Crippen molar-refractivity contribution in [1.29, 1.82) is 0 Å². The summed E-state index contributed by atoms with van der Waals surface area (Å²) < 4.78 is 12.4. The van der Waals surface area contributed by atoms with Gasteiger partial charge in [0.2, 0.25) is 0 Å². The number of allylic oxidation sites excluding steroid dienone is 1. The van der Waals surface area contributed by atoms with Gasteiger partial charge >= 0.3 is 5.97 Å². The number of methoxy groups -OCH3 is 2.